The first-order valence-electron chi connectivity index (χ1n) is 6.18. The minimum Gasteiger partial charge on any atom is -0.465 e. The normalized spacial score (nSPS) is 10.1. The van der Waals surface area contributed by atoms with Crippen LogP contribution in [0, 0.1) is 5.82 Å². The SMILES string of the molecule is CCOC(=O)CN(C)C(=O)c1cc(F)cc(CC)c1. The number of nitrogens with zero attached hydrogens (tertiary/aromatic N) is 1. The van der Waals surface area contributed by atoms with Crippen molar-refractivity contribution in [2.24, 2.45) is 0 Å². The van der Waals surface area contributed by atoms with Crippen LogP contribution in [0.4, 0.5) is 4.39 Å². The predicted molar refractivity (Wildman–Crippen MR) is 69.4 cm³/mol. The number of esters is 1. The highest BCUT2D eigenvalue weighted by Gasteiger charge is 2.16. The molecule has 5 heteroatoms. The van der Waals surface area contributed by atoms with Crippen molar-refractivity contribution in [3.05, 3.63) is 35.1 Å². The highest BCUT2D eigenvalue weighted by atomic mass is 19.1. The molecule has 4 nitrogen and oxygen atoms in total. The largest absolute Gasteiger partial charge is 0.465 e. The van der Waals surface area contributed by atoms with Gasteiger partial charge >= 0.3 is 5.97 Å². The molecule has 104 valence electrons. The van der Waals surface area contributed by atoms with Gasteiger partial charge in [-0.15, -0.1) is 0 Å². The van der Waals surface area contributed by atoms with Gasteiger partial charge in [-0.2, -0.15) is 0 Å². The van der Waals surface area contributed by atoms with Crippen LogP contribution in [-0.2, 0) is 16.0 Å². The van der Waals surface area contributed by atoms with Gasteiger partial charge in [0, 0.05) is 12.6 Å². The van der Waals surface area contributed by atoms with E-state index in [1.807, 2.05) is 6.92 Å². The van der Waals surface area contributed by atoms with E-state index < -0.39 is 17.7 Å². The lowest BCUT2D eigenvalue weighted by Crippen LogP contribution is -2.33. The molecule has 1 aromatic rings. The number of benzene rings is 1. The fourth-order valence-electron chi connectivity index (χ4n) is 1.67. The summed E-state index contributed by atoms with van der Waals surface area (Å²) >= 11 is 0. The van der Waals surface area contributed by atoms with E-state index in [0.29, 0.717) is 6.42 Å². The molecule has 0 aliphatic carbocycles. The Morgan fingerprint density at radius 3 is 2.53 bits per heavy atom. The van der Waals surface area contributed by atoms with Gasteiger partial charge in [0.1, 0.15) is 12.4 Å². The quantitative estimate of drug-likeness (QED) is 0.767. The number of carbonyl (C=O) groups is 2. The summed E-state index contributed by atoms with van der Waals surface area (Å²) in [4.78, 5) is 24.6. The van der Waals surface area contributed by atoms with Crippen LogP contribution >= 0.6 is 0 Å². The zero-order valence-electron chi connectivity index (χ0n) is 11.4. The molecular formula is C14H18FNO3. The molecule has 0 fully saturated rings. The summed E-state index contributed by atoms with van der Waals surface area (Å²) in [7, 11) is 1.48. The predicted octanol–water partition coefficient (Wildman–Crippen LogP) is 2.02. The first kappa shape index (κ1) is 15.1. The number of hydrogen-bond acceptors (Lipinski definition) is 3. The minimum absolute atomic E-state index is 0.148. The van der Waals surface area contributed by atoms with Crippen LogP contribution in [0.3, 0.4) is 0 Å². The third-order valence-electron chi connectivity index (χ3n) is 2.63. The molecule has 0 spiro atoms. The maximum absolute atomic E-state index is 13.4. The topological polar surface area (TPSA) is 46.6 Å². The van der Waals surface area contributed by atoms with Crippen molar-refractivity contribution in [2.45, 2.75) is 20.3 Å². The van der Waals surface area contributed by atoms with E-state index >= 15 is 0 Å². The molecule has 0 aromatic heterocycles. The maximum atomic E-state index is 13.4. The Morgan fingerprint density at radius 2 is 1.95 bits per heavy atom. The van der Waals surface area contributed by atoms with Crippen molar-refractivity contribution in [1.82, 2.24) is 4.90 Å². The third kappa shape index (κ3) is 4.35. The molecule has 19 heavy (non-hydrogen) atoms. The minimum atomic E-state index is -0.481. The van der Waals surface area contributed by atoms with Gasteiger partial charge < -0.3 is 9.64 Å². The van der Waals surface area contributed by atoms with E-state index in [0.717, 1.165) is 5.56 Å². The summed E-state index contributed by atoms with van der Waals surface area (Å²) in [5, 5.41) is 0. The molecule has 0 heterocycles. The summed E-state index contributed by atoms with van der Waals surface area (Å²) in [6.45, 7) is 3.69. The number of carbonyl (C=O) groups excluding carboxylic acids is 2. The second-order valence-corrected chi connectivity index (χ2v) is 4.17. The number of hydrogen-bond donors (Lipinski definition) is 0. The molecular weight excluding hydrogens is 249 g/mol. The van der Waals surface area contributed by atoms with E-state index in [2.05, 4.69) is 0 Å². The fraction of sp³-hybridized carbons (Fsp3) is 0.429. The number of aryl methyl sites for hydroxylation is 1. The first-order chi connectivity index (χ1) is 8.97. The monoisotopic (exact) mass is 267 g/mol. The molecule has 1 rings (SSSR count). The van der Waals surface area contributed by atoms with Gasteiger partial charge in [-0.3, -0.25) is 9.59 Å². The number of halogens is 1. The van der Waals surface area contributed by atoms with Crippen LogP contribution in [0.25, 0.3) is 0 Å². The molecule has 0 saturated heterocycles. The van der Waals surface area contributed by atoms with Crippen molar-refractivity contribution >= 4 is 11.9 Å². The van der Waals surface area contributed by atoms with Crippen molar-refractivity contribution in [3.8, 4) is 0 Å². The number of rotatable bonds is 5. The van der Waals surface area contributed by atoms with E-state index in [9.17, 15) is 14.0 Å². The van der Waals surface area contributed by atoms with Gasteiger partial charge in [-0.25, -0.2) is 4.39 Å². The number of likely N-dealkylation sites (N-methyl/N-ethyl adjacent to an activating group) is 1. The van der Waals surface area contributed by atoms with Crippen LogP contribution in [0.15, 0.2) is 18.2 Å². The standard InChI is InChI=1S/C14H18FNO3/c1-4-10-6-11(8-12(15)7-10)14(18)16(3)9-13(17)19-5-2/h6-8H,4-5,9H2,1-3H3. The first-order valence-corrected chi connectivity index (χ1v) is 6.18. The van der Waals surface area contributed by atoms with Gasteiger partial charge in [-0.05, 0) is 37.1 Å². The van der Waals surface area contributed by atoms with Crippen molar-refractivity contribution in [3.63, 3.8) is 0 Å². The molecule has 0 saturated carbocycles. The summed E-state index contributed by atoms with van der Waals surface area (Å²) in [6.07, 6.45) is 0.639. The molecule has 0 bridgehead atoms. The molecule has 0 aliphatic heterocycles. The molecule has 1 amide bonds. The fourth-order valence-corrected chi connectivity index (χ4v) is 1.67. The average Bonchev–Trinajstić information content (AvgIpc) is 2.37. The second-order valence-electron chi connectivity index (χ2n) is 4.17. The molecule has 0 unspecified atom stereocenters. The van der Waals surface area contributed by atoms with E-state index in [1.54, 1.807) is 13.0 Å². The van der Waals surface area contributed by atoms with Crippen molar-refractivity contribution < 1.29 is 18.7 Å². The lowest BCUT2D eigenvalue weighted by atomic mass is 10.1. The van der Waals surface area contributed by atoms with Crippen LogP contribution in [-0.4, -0.2) is 37.0 Å². The summed E-state index contributed by atoms with van der Waals surface area (Å²) < 4.78 is 18.1. The number of amides is 1. The van der Waals surface area contributed by atoms with Gasteiger partial charge in [0.2, 0.25) is 0 Å². The summed E-state index contributed by atoms with van der Waals surface area (Å²) in [6, 6.07) is 4.19. The van der Waals surface area contributed by atoms with Gasteiger partial charge in [0.15, 0.2) is 0 Å². The van der Waals surface area contributed by atoms with Gasteiger partial charge in [-0.1, -0.05) is 6.92 Å². The van der Waals surface area contributed by atoms with Crippen LogP contribution in [0.1, 0.15) is 29.8 Å². The molecule has 1 aromatic carbocycles. The Kier molecular flexibility index (Phi) is 5.48. The van der Waals surface area contributed by atoms with Crippen LogP contribution in [0.2, 0.25) is 0 Å². The van der Waals surface area contributed by atoms with Crippen molar-refractivity contribution in [2.75, 3.05) is 20.2 Å². The van der Waals surface area contributed by atoms with E-state index in [4.69, 9.17) is 4.74 Å². The zero-order valence-corrected chi connectivity index (χ0v) is 11.4. The zero-order chi connectivity index (χ0) is 14.4. The summed E-state index contributed by atoms with van der Waals surface area (Å²) in [5.74, 6) is -1.33. The van der Waals surface area contributed by atoms with Gasteiger partial charge in [0.05, 0.1) is 6.61 Å². The second kappa shape index (κ2) is 6.87. The highest BCUT2D eigenvalue weighted by Crippen LogP contribution is 2.12. The summed E-state index contributed by atoms with van der Waals surface area (Å²) in [5.41, 5.74) is 0.983. The Balaban J connectivity index is 2.81. The van der Waals surface area contributed by atoms with E-state index in [-0.39, 0.29) is 18.7 Å². The average molecular weight is 267 g/mol. The Hall–Kier alpha value is -1.91. The molecule has 0 aliphatic rings. The highest BCUT2D eigenvalue weighted by molar-refractivity contribution is 5.96. The molecule has 0 radical (unpaired) electrons. The smallest absolute Gasteiger partial charge is 0.325 e. The van der Waals surface area contributed by atoms with E-state index in [1.165, 1.54) is 24.1 Å². The Labute approximate surface area is 112 Å². The van der Waals surface area contributed by atoms with Gasteiger partial charge in [0.25, 0.3) is 5.91 Å². The van der Waals surface area contributed by atoms with Crippen LogP contribution < -0.4 is 0 Å². The Morgan fingerprint density at radius 1 is 1.26 bits per heavy atom. The Bertz CT molecular complexity index is 474. The van der Waals surface area contributed by atoms with Crippen molar-refractivity contribution in [1.29, 1.82) is 0 Å². The lowest BCUT2D eigenvalue weighted by Gasteiger charge is -2.16. The maximum Gasteiger partial charge on any atom is 0.325 e. The van der Waals surface area contributed by atoms with Crippen LogP contribution in [0.5, 0.6) is 0 Å². The molecule has 0 atom stereocenters. The molecule has 0 N–H and O–H groups in total. The lowest BCUT2D eigenvalue weighted by molar-refractivity contribution is -0.143. The third-order valence-corrected chi connectivity index (χ3v) is 2.63. The number of ether oxygens (including phenoxy) is 1.